The number of aromatic nitrogens is 2. The lowest BCUT2D eigenvalue weighted by molar-refractivity contribution is -0.183. The molecule has 1 atom stereocenters. The highest BCUT2D eigenvalue weighted by Gasteiger charge is 2.46. The third kappa shape index (κ3) is 4.88. The zero-order chi connectivity index (χ0) is 18.1. The quantitative estimate of drug-likeness (QED) is 0.793. The summed E-state index contributed by atoms with van der Waals surface area (Å²) in [5.41, 5.74) is -0.730. The highest BCUT2D eigenvalue weighted by Crippen LogP contribution is 2.31. The fourth-order valence-corrected chi connectivity index (χ4v) is 3.72. The Morgan fingerprint density at radius 2 is 1.74 bits per heavy atom. The van der Waals surface area contributed by atoms with E-state index in [9.17, 15) is 18.0 Å². The lowest BCUT2D eigenvalue weighted by Gasteiger charge is -2.44. The van der Waals surface area contributed by atoms with Crippen molar-refractivity contribution >= 4 is 30.7 Å². The molecule has 27 heavy (non-hydrogen) atoms. The van der Waals surface area contributed by atoms with E-state index in [1.807, 2.05) is 0 Å². The van der Waals surface area contributed by atoms with Gasteiger partial charge in [0.1, 0.15) is 11.6 Å². The Labute approximate surface area is 169 Å². The zero-order valence-electron chi connectivity index (χ0n) is 15.1. The highest BCUT2D eigenvalue weighted by molar-refractivity contribution is 5.86. The van der Waals surface area contributed by atoms with Gasteiger partial charge in [0.15, 0.2) is 0 Å². The molecule has 2 aliphatic heterocycles. The molecule has 1 amide bonds. The lowest BCUT2D eigenvalue weighted by Crippen LogP contribution is -2.61. The minimum atomic E-state index is -4.24. The molecule has 0 spiro atoms. The molecule has 2 saturated heterocycles. The molecule has 1 aromatic heterocycles. The Hall–Kier alpha value is -1.03. The highest BCUT2D eigenvalue weighted by atomic mass is 35.5. The first-order chi connectivity index (χ1) is 11.8. The average molecular weight is 432 g/mol. The van der Waals surface area contributed by atoms with Crippen molar-refractivity contribution in [3.63, 3.8) is 0 Å². The van der Waals surface area contributed by atoms with Crippen molar-refractivity contribution in [1.29, 1.82) is 0 Å². The zero-order valence-corrected chi connectivity index (χ0v) is 16.7. The molecular formula is C16H26Cl2F3N5O. The molecule has 3 heterocycles. The Kier molecular flexibility index (Phi) is 8.40. The van der Waals surface area contributed by atoms with E-state index in [0.29, 0.717) is 25.9 Å². The van der Waals surface area contributed by atoms with Crippen molar-refractivity contribution in [3.8, 4) is 0 Å². The third-order valence-electron chi connectivity index (χ3n) is 5.39. The number of hydrogen-bond acceptors (Lipinski definition) is 4. The van der Waals surface area contributed by atoms with Crippen molar-refractivity contribution < 1.29 is 18.0 Å². The van der Waals surface area contributed by atoms with Crippen LogP contribution < -0.4 is 5.32 Å². The minimum absolute atomic E-state index is 0. The maximum Gasteiger partial charge on any atom is 0.403 e. The summed E-state index contributed by atoms with van der Waals surface area (Å²) < 4.78 is 40.4. The Balaban J connectivity index is 0.00000182. The predicted octanol–water partition coefficient (Wildman–Crippen LogP) is 1.90. The fraction of sp³-hybridized carbons (Fsp3) is 0.750. The molecule has 11 heteroatoms. The van der Waals surface area contributed by atoms with Crippen molar-refractivity contribution in [2.75, 3.05) is 39.3 Å². The van der Waals surface area contributed by atoms with Crippen LogP contribution in [0.25, 0.3) is 0 Å². The van der Waals surface area contributed by atoms with Crippen LogP contribution in [0.3, 0.4) is 0 Å². The van der Waals surface area contributed by atoms with Crippen molar-refractivity contribution in [3.05, 3.63) is 18.5 Å². The molecule has 2 fully saturated rings. The molecule has 156 valence electrons. The van der Waals surface area contributed by atoms with Gasteiger partial charge in [0.25, 0.3) is 5.91 Å². The number of hydrogen-bond donors (Lipinski definition) is 1. The monoisotopic (exact) mass is 431 g/mol. The van der Waals surface area contributed by atoms with Crippen LogP contribution in [-0.4, -0.2) is 77.0 Å². The molecule has 0 radical (unpaired) electrons. The van der Waals surface area contributed by atoms with Crippen LogP contribution in [0.1, 0.15) is 19.8 Å². The summed E-state index contributed by atoms with van der Waals surface area (Å²) in [7, 11) is 0. The SMILES string of the molecule is CC(N1CCN(C(=O)C2(n3cccn3)CCNCC2)CC1)C(F)(F)F.Cl.Cl. The molecule has 2 aliphatic rings. The third-order valence-corrected chi connectivity index (χ3v) is 5.39. The van der Waals surface area contributed by atoms with Gasteiger partial charge in [-0.2, -0.15) is 18.3 Å². The maximum absolute atomic E-state index is 13.2. The van der Waals surface area contributed by atoms with Crippen molar-refractivity contribution in [1.82, 2.24) is 24.9 Å². The first kappa shape index (κ1) is 24.0. The summed E-state index contributed by atoms with van der Waals surface area (Å²) in [4.78, 5) is 16.3. The first-order valence-corrected chi connectivity index (χ1v) is 8.65. The van der Waals surface area contributed by atoms with Gasteiger partial charge < -0.3 is 10.2 Å². The standard InChI is InChI=1S/C16H24F3N5O.2ClH/c1-13(16(17,18)19)22-9-11-23(12-10-22)14(25)15(3-6-20-7-4-15)24-8-2-5-21-24;;/h2,5,8,13,20H,3-4,6-7,9-12H2,1H3;2*1H. The average Bonchev–Trinajstić information content (AvgIpc) is 3.15. The molecule has 0 bridgehead atoms. The number of amides is 1. The first-order valence-electron chi connectivity index (χ1n) is 8.65. The van der Waals surface area contributed by atoms with Crippen LogP contribution in [-0.2, 0) is 10.3 Å². The van der Waals surface area contributed by atoms with Crippen LogP contribution in [0.2, 0.25) is 0 Å². The van der Waals surface area contributed by atoms with E-state index in [0.717, 1.165) is 13.1 Å². The van der Waals surface area contributed by atoms with E-state index in [1.165, 1.54) is 11.8 Å². The van der Waals surface area contributed by atoms with Gasteiger partial charge in [-0.15, -0.1) is 24.8 Å². The Morgan fingerprint density at radius 3 is 2.22 bits per heavy atom. The Morgan fingerprint density at radius 1 is 1.15 bits per heavy atom. The molecule has 1 N–H and O–H groups in total. The summed E-state index contributed by atoms with van der Waals surface area (Å²) in [6, 6.07) is 0.309. The van der Waals surface area contributed by atoms with Gasteiger partial charge >= 0.3 is 6.18 Å². The lowest BCUT2D eigenvalue weighted by atomic mass is 9.86. The summed E-state index contributed by atoms with van der Waals surface area (Å²) in [5, 5.41) is 7.54. The van der Waals surface area contributed by atoms with Crippen LogP contribution in [0.4, 0.5) is 13.2 Å². The predicted molar refractivity (Wildman–Crippen MR) is 100 cm³/mol. The number of nitrogens with one attached hydrogen (secondary N) is 1. The summed E-state index contributed by atoms with van der Waals surface area (Å²) in [6.07, 6.45) is 0.474. The second-order valence-corrected chi connectivity index (χ2v) is 6.78. The number of nitrogens with zero attached hydrogens (tertiary/aromatic N) is 4. The van der Waals surface area contributed by atoms with Gasteiger partial charge in [0.2, 0.25) is 0 Å². The number of alkyl halides is 3. The summed E-state index contributed by atoms with van der Waals surface area (Å²) >= 11 is 0. The number of rotatable bonds is 3. The molecule has 0 saturated carbocycles. The largest absolute Gasteiger partial charge is 0.403 e. The van der Waals surface area contributed by atoms with Gasteiger partial charge in [0, 0.05) is 38.6 Å². The molecule has 0 aromatic carbocycles. The van der Waals surface area contributed by atoms with Crippen LogP contribution in [0.5, 0.6) is 0 Å². The van der Waals surface area contributed by atoms with Crippen LogP contribution in [0, 0.1) is 0 Å². The molecule has 6 nitrogen and oxygen atoms in total. The number of piperidine rings is 1. The minimum Gasteiger partial charge on any atom is -0.338 e. The maximum atomic E-state index is 13.2. The van der Waals surface area contributed by atoms with Crippen LogP contribution in [0.15, 0.2) is 18.5 Å². The summed E-state index contributed by atoms with van der Waals surface area (Å²) in [6.45, 7) is 3.72. The van der Waals surface area contributed by atoms with Gasteiger partial charge in [0.05, 0.1) is 0 Å². The normalized spacial score (nSPS) is 21.7. The fourth-order valence-electron chi connectivity index (χ4n) is 3.72. The smallest absolute Gasteiger partial charge is 0.338 e. The number of halogens is 5. The van der Waals surface area contributed by atoms with E-state index in [2.05, 4.69) is 10.4 Å². The van der Waals surface area contributed by atoms with E-state index >= 15 is 0 Å². The van der Waals surface area contributed by atoms with Gasteiger partial charge in [-0.1, -0.05) is 0 Å². The topological polar surface area (TPSA) is 53.4 Å². The van der Waals surface area contributed by atoms with E-state index < -0.39 is 17.8 Å². The number of carbonyl (C=O) groups excluding carboxylic acids is 1. The molecule has 0 aliphatic carbocycles. The number of piperazine rings is 1. The molecule has 3 rings (SSSR count). The molecular weight excluding hydrogens is 406 g/mol. The van der Waals surface area contributed by atoms with E-state index in [1.54, 1.807) is 28.0 Å². The molecule has 1 aromatic rings. The van der Waals surface area contributed by atoms with Gasteiger partial charge in [-0.3, -0.25) is 14.4 Å². The number of carbonyl (C=O) groups is 1. The van der Waals surface area contributed by atoms with Crippen LogP contribution >= 0.6 is 24.8 Å². The van der Waals surface area contributed by atoms with Crippen molar-refractivity contribution in [2.24, 2.45) is 0 Å². The van der Waals surface area contributed by atoms with Gasteiger partial charge in [-0.05, 0) is 38.9 Å². The second-order valence-electron chi connectivity index (χ2n) is 6.78. The van der Waals surface area contributed by atoms with E-state index in [4.69, 9.17) is 0 Å². The van der Waals surface area contributed by atoms with Gasteiger partial charge in [-0.25, -0.2) is 0 Å². The van der Waals surface area contributed by atoms with E-state index in [-0.39, 0.29) is 43.8 Å². The van der Waals surface area contributed by atoms with Crippen molar-refractivity contribution in [2.45, 2.75) is 37.5 Å². The molecule has 1 unspecified atom stereocenters. The Bertz CT molecular complexity index is 585. The second kappa shape index (κ2) is 9.45. The summed E-state index contributed by atoms with van der Waals surface area (Å²) in [5.74, 6) is -0.0305.